The number of rotatable bonds is 4. The van der Waals surface area contributed by atoms with Gasteiger partial charge in [-0.2, -0.15) is 0 Å². The monoisotopic (exact) mass is 336 g/mol. The molecule has 0 atom stereocenters. The van der Waals surface area contributed by atoms with Crippen LogP contribution in [0.5, 0.6) is 0 Å². The Hall–Kier alpha value is -2.89. The Morgan fingerprint density at radius 3 is 3.04 bits per heavy atom. The molecule has 0 aliphatic heterocycles. The van der Waals surface area contributed by atoms with Crippen molar-refractivity contribution in [3.05, 3.63) is 52.2 Å². The highest BCUT2D eigenvalue weighted by Crippen LogP contribution is 2.35. The molecular formula is C19H20N4O2. The Labute approximate surface area is 144 Å². The lowest BCUT2D eigenvalue weighted by Gasteiger charge is -2.08. The number of nitrogens with one attached hydrogen (secondary N) is 2. The smallest absolute Gasteiger partial charge is 0.292 e. The van der Waals surface area contributed by atoms with Gasteiger partial charge in [0.15, 0.2) is 0 Å². The van der Waals surface area contributed by atoms with Crippen LogP contribution in [0.25, 0.3) is 16.9 Å². The van der Waals surface area contributed by atoms with Crippen molar-refractivity contribution in [3.63, 3.8) is 0 Å². The Morgan fingerprint density at radius 1 is 1.40 bits per heavy atom. The molecule has 0 spiro atoms. The predicted molar refractivity (Wildman–Crippen MR) is 96.8 cm³/mol. The number of amides is 1. The van der Waals surface area contributed by atoms with E-state index in [1.54, 1.807) is 6.20 Å². The van der Waals surface area contributed by atoms with Gasteiger partial charge in [0.05, 0.1) is 11.4 Å². The van der Waals surface area contributed by atoms with Gasteiger partial charge in [0, 0.05) is 36.5 Å². The molecule has 0 radical (unpaired) electrons. The van der Waals surface area contributed by atoms with Gasteiger partial charge in [-0.25, -0.2) is 4.98 Å². The van der Waals surface area contributed by atoms with E-state index >= 15 is 0 Å². The van der Waals surface area contributed by atoms with Crippen LogP contribution in [-0.4, -0.2) is 20.3 Å². The van der Waals surface area contributed by atoms with E-state index in [1.807, 2.05) is 28.8 Å². The molecule has 1 aliphatic rings. The maximum Gasteiger partial charge on any atom is 0.292 e. The quantitative estimate of drug-likeness (QED) is 0.601. The van der Waals surface area contributed by atoms with E-state index in [1.165, 1.54) is 0 Å². The maximum atomic E-state index is 12.2. The first-order valence-corrected chi connectivity index (χ1v) is 8.54. The summed E-state index contributed by atoms with van der Waals surface area (Å²) in [6, 6.07) is 5.83. The van der Waals surface area contributed by atoms with Gasteiger partial charge < -0.3 is 10.3 Å². The Kier molecular flexibility index (Phi) is 3.67. The fourth-order valence-corrected chi connectivity index (χ4v) is 3.33. The summed E-state index contributed by atoms with van der Waals surface area (Å²) in [5.41, 5.74) is 4.96. The van der Waals surface area contributed by atoms with Crippen LogP contribution in [-0.2, 0) is 11.2 Å². The average molecular weight is 336 g/mol. The number of hydrogen-bond donors (Lipinski definition) is 2. The normalized spacial score (nSPS) is 12.4. The largest absolute Gasteiger partial charge is 0.326 e. The summed E-state index contributed by atoms with van der Waals surface area (Å²) in [6.45, 7) is 4.22. The number of anilines is 1. The summed E-state index contributed by atoms with van der Waals surface area (Å²) >= 11 is 0. The van der Waals surface area contributed by atoms with E-state index in [-0.39, 0.29) is 11.5 Å². The second-order valence-electron chi connectivity index (χ2n) is 6.93. The molecule has 25 heavy (non-hydrogen) atoms. The second-order valence-corrected chi connectivity index (χ2v) is 6.93. The zero-order chi connectivity index (χ0) is 17.6. The highest BCUT2D eigenvalue weighted by Gasteiger charge is 2.23. The number of nitrogens with zero attached hydrogens (tertiary/aromatic N) is 2. The van der Waals surface area contributed by atoms with Crippen molar-refractivity contribution in [1.29, 1.82) is 0 Å². The van der Waals surface area contributed by atoms with Crippen LogP contribution in [0.2, 0.25) is 0 Å². The molecule has 0 bridgehead atoms. The molecule has 128 valence electrons. The Bertz CT molecular complexity index is 1030. The molecule has 3 aromatic rings. The third-order valence-corrected chi connectivity index (χ3v) is 4.63. The lowest BCUT2D eigenvalue weighted by molar-refractivity contribution is -0.116. The van der Waals surface area contributed by atoms with E-state index < -0.39 is 0 Å². The number of aromatic nitrogens is 3. The minimum Gasteiger partial charge on any atom is -0.326 e. The fourth-order valence-electron chi connectivity index (χ4n) is 3.33. The third kappa shape index (κ3) is 2.73. The lowest BCUT2D eigenvalue weighted by atomic mass is 10.1. The van der Waals surface area contributed by atoms with E-state index in [0.29, 0.717) is 24.4 Å². The zero-order valence-corrected chi connectivity index (χ0v) is 14.3. The number of hydrogen-bond acceptors (Lipinski definition) is 3. The maximum absolute atomic E-state index is 12.2. The molecular weight excluding hydrogens is 316 g/mol. The van der Waals surface area contributed by atoms with E-state index in [2.05, 4.69) is 29.1 Å². The van der Waals surface area contributed by atoms with Crippen molar-refractivity contribution in [3.8, 4) is 11.3 Å². The number of fused-ring (bicyclic) bond motifs is 5. The molecule has 2 N–H and O–H groups in total. The van der Waals surface area contributed by atoms with Crippen molar-refractivity contribution in [1.82, 2.24) is 14.4 Å². The summed E-state index contributed by atoms with van der Waals surface area (Å²) in [4.78, 5) is 31.3. The molecule has 0 fully saturated rings. The summed E-state index contributed by atoms with van der Waals surface area (Å²) < 4.78 is 1.84. The number of benzene rings is 1. The molecule has 6 heteroatoms. The zero-order valence-electron chi connectivity index (χ0n) is 14.3. The van der Waals surface area contributed by atoms with Gasteiger partial charge in [0.2, 0.25) is 11.6 Å². The topological polar surface area (TPSA) is 79.3 Å². The third-order valence-electron chi connectivity index (χ3n) is 4.63. The molecule has 2 heterocycles. The van der Waals surface area contributed by atoms with Gasteiger partial charge in [-0.05, 0) is 30.0 Å². The van der Waals surface area contributed by atoms with E-state index in [4.69, 9.17) is 0 Å². The summed E-state index contributed by atoms with van der Waals surface area (Å²) in [5.74, 6) is 0.546. The fraction of sp³-hybridized carbons (Fsp3) is 0.316. The molecule has 0 saturated carbocycles. The molecule has 4 rings (SSSR count). The highest BCUT2D eigenvalue weighted by molar-refractivity contribution is 5.91. The molecule has 1 aromatic carbocycles. The van der Waals surface area contributed by atoms with Crippen LogP contribution in [0.1, 0.15) is 37.9 Å². The first-order valence-electron chi connectivity index (χ1n) is 8.54. The van der Waals surface area contributed by atoms with Crippen LogP contribution in [0.3, 0.4) is 0 Å². The summed E-state index contributed by atoms with van der Waals surface area (Å²) in [7, 11) is 0. The number of carbonyl (C=O) groups is 1. The molecule has 2 aromatic heterocycles. The van der Waals surface area contributed by atoms with Crippen LogP contribution in [0.4, 0.5) is 5.69 Å². The summed E-state index contributed by atoms with van der Waals surface area (Å²) in [5, 5.41) is 2.97. The predicted octanol–water partition coefficient (Wildman–Crippen LogP) is 2.97. The van der Waals surface area contributed by atoms with Crippen molar-refractivity contribution < 1.29 is 4.79 Å². The first-order chi connectivity index (χ1) is 12.0. The van der Waals surface area contributed by atoms with Crippen LogP contribution >= 0.6 is 0 Å². The van der Waals surface area contributed by atoms with Gasteiger partial charge in [-0.1, -0.05) is 19.9 Å². The van der Waals surface area contributed by atoms with Crippen molar-refractivity contribution >= 4 is 17.2 Å². The van der Waals surface area contributed by atoms with Gasteiger partial charge in [-0.3, -0.25) is 14.0 Å². The van der Waals surface area contributed by atoms with Gasteiger partial charge in [0.25, 0.3) is 5.56 Å². The highest BCUT2D eigenvalue weighted by atomic mass is 16.1. The molecule has 0 saturated heterocycles. The standard InChI is InChI=1S/C19H20N4O2/c1-11(2)3-6-16(24)21-13-4-5-14-12(9-13)10-15-17(14)22-19(25)18-20-7-8-23(15)18/h4-5,7-9,11H,3,6,10H2,1-2H3,(H,21,24)(H,22,25). The number of aromatic amines is 1. The van der Waals surface area contributed by atoms with Crippen molar-refractivity contribution in [2.24, 2.45) is 5.92 Å². The molecule has 6 nitrogen and oxygen atoms in total. The van der Waals surface area contributed by atoms with Crippen LogP contribution < -0.4 is 10.9 Å². The van der Waals surface area contributed by atoms with E-state index in [9.17, 15) is 9.59 Å². The minimum absolute atomic E-state index is 0.0366. The Balaban J connectivity index is 1.63. The van der Waals surface area contributed by atoms with Crippen LogP contribution in [0.15, 0.2) is 35.4 Å². The van der Waals surface area contributed by atoms with Crippen LogP contribution in [0, 0.1) is 5.92 Å². The molecule has 1 amide bonds. The minimum atomic E-state index is -0.192. The number of imidazole rings is 1. The number of carbonyl (C=O) groups excluding carboxylic acids is 1. The SMILES string of the molecule is CC(C)CCC(=O)Nc1ccc2c(c1)Cc1c-2[nH]c(=O)c2nccn12. The van der Waals surface area contributed by atoms with Gasteiger partial charge in [-0.15, -0.1) is 0 Å². The van der Waals surface area contributed by atoms with Crippen molar-refractivity contribution in [2.75, 3.05) is 5.32 Å². The lowest BCUT2D eigenvalue weighted by Crippen LogP contribution is -2.13. The van der Waals surface area contributed by atoms with E-state index in [0.717, 1.165) is 34.6 Å². The van der Waals surface area contributed by atoms with Crippen molar-refractivity contribution in [2.45, 2.75) is 33.1 Å². The summed E-state index contributed by atoms with van der Waals surface area (Å²) in [6.07, 6.45) is 5.54. The van der Waals surface area contributed by atoms with Gasteiger partial charge >= 0.3 is 0 Å². The average Bonchev–Trinajstić information content (AvgIpc) is 3.18. The first kappa shape index (κ1) is 15.6. The molecule has 1 aliphatic carbocycles. The van der Waals surface area contributed by atoms with Gasteiger partial charge in [0.1, 0.15) is 0 Å². The Morgan fingerprint density at radius 2 is 2.24 bits per heavy atom. The number of H-pyrrole nitrogens is 1. The second kappa shape index (κ2) is 5.88. The molecule has 0 unspecified atom stereocenters.